The molecule has 0 unspecified atom stereocenters. The number of hydrogen-bond donors (Lipinski definition) is 1. The molecule has 1 aromatic carbocycles. The van der Waals surface area contributed by atoms with Gasteiger partial charge in [-0.25, -0.2) is 0 Å². The maximum atomic E-state index is 12.5. The minimum Gasteiger partial charge on any atom is -0.338 e. The SMILES string of the molecule is CCN(Cc1ccccc1Cl)C(=O)[C@@H]1CCCNC1. The Labute approximate surface area is 119 Å². The normalized spacial score (nSPS) is 19.2. The predicted octanol–water partition coefficient (Wildman–Crippen LogP) is 2.69. The van der Waals surface area contributed by atoms with Gasteiger partial charge in [0.25, 0.3) is 0 Å². The third kappa shape index (κ3) is 3.71. The van der Waals surface area contributed by atoms with E-state index in [1.54, 1.807) is 0 Å². The summed E-state index contributed by atoms with van der Waals surface area (Å²) in [5.41, 5.74) is 1.02. The molecule has 1 amide bonds. The maximum absolute atomic E-state index is 12.5. The maximum Gasteiger partial charge on any atom is 0.227 e. The third-order valence-corrected chi connectivity index (χ3v) is 4.03. The summed E-state index contributed by atoms with van der Waals surface area (Å²) in [6.45, 7) is 5.18. The lowest BCUT2D eigenvalue weighted by atomic mass is 9.98. The van der Waals surface area contributed by atoms with Gasteiger partial charge in [0.2, 0.25) is 5.91 Å². The molecule has 2 rings (SSSR count). The van der Waals surface area contributed by atoms with Crippen molar-refractivity contribution in [3.05, 3.63) is 34.9 Å². The molecule has 1 heterocycles. The fourth-order valence-corrected chi connectivity index (χ4v) is 2.69. The second-order valence-corrected chi connectivity index (χ2v) is 5.39. The zero-order valence-electron chi connectivity index (χ0n) is 11.4. The Bertz CT molecular complexity index is 430. The van der Waals surface area contributed by atoms with Crippen molar-refractivity contribution in [1.82, 2.24) is 10.2 Å². The molecule has 19 heavy (non-hydrogen) atoms. The number of nitrogens with one attached hydrogen (secondary N) is 1. The van der Waals surface area contributed by atoms with Gasteiger partial charge in [-0.3, -0.25) is 4.79 Å². The van der Waals surface area contributed by atoms with Crippen molar-refractivity contribution in [2.24, 2.45) is 5.92 Å². The van der Waals surface area contributed by atoms with Crippen molar-refractivity contribution < 1.29 is 4.79 Å². The largest absolute Gasteiger partial charge is 0.338 e. The number of piperidine rings is 1. The lowest BCUT2D eigenvalue weighted by Gasteiger charge is -2.29. The Morgan fingerprint density at radius 2 is 2.26 bits per heavy atom. The molecule has 0 aromatic heterocycles. The van der Waals surface area contributed by atoms with E-state index in [0.29, 0.717) is 6.54 Å². The van der Waals surface area contributed by atoms with Gasteiger partial charge in [0, 0.05) is 24.7 Å². The Kier molecular flexibility index (Phi) is 5.23. The van der Waals surface area contributed by atoms with Crippen LogP contribution in [0.5, 0.6) is 0 Å². The first-order chi connectivity index (χ1) is 9.22. The van der Waals surface area contributed by atoms with Gasteiger partial charge in [-0.05, 0) is 37.9 Å². The van der Waals surface area contributed by atoms with Crippen LogP contribution in [0.3, 0.4) is 0 Å². The molecule has 104 valence electrons. The standard InChI is InChI=1S/C15H21ClN2O/c1-2-18(11-13-6-3-4-8-14(13)16)15(19)12-7-5-9-17-10-12/h3-4,6,8,12,17H,2,5,7,9-11H2,1H3/t12-/m1/s1. The molecule has 1 N–H and O–H groups in total. The molecule has 1 atom stereocenters. The van der Waals surface area contributed by atoms with Gasteiger partial charge in [-0.1, -0.05) is 29.8 Å². The van der Waals surface area contributed by atoms with E-state index in [9.17, 15) is 4.79 Å². The highest BCUT2D eigenvalue weighted by Gasteiger charge is 2.25. The fourth-order valence-electron chi connectivity index (χ4n) is 2.50. The van der Waals surface area contributed by atoms with Crippen molar-refractivity contribution in [3.63, 3.8) is 0 Å². The Hall–Kier alpha value is -1.06. The van der Waals surface area contributed by atoms with Crippen LogP contribution in [0.15, 0.2) is 24.3 Å². The molecule has 3 nitrogen and oxygen atoms in total. The molecular formula is C15H21ClN2O. The Balaban J connectivity index is 2.03. The monoisotopic (exact) mass is 280 g/mol. The van der Waals surface area contributed by atoms with E-state index in [4.69, 9.17) is 11.6 Å². The minimum atomic E-state index is 0.121. The first kappa shape index (κ1) is 14.4. The van der Waals surface area contributed by atoms with Crippen LogP contribution in [0.25, 0.3) is 0 Å². The fraction of sp³-hybridized carbons (Fsp3) is 0.533. The average molecular weight is 281 g/mol. The van der Waals surface area contributed by atoms with Crippen LogP contribution in [-0.2, 0) is 11.3 Å². The van der Waals surface area contributed by atoms with E-state index in [1.165, 1.54) is 0 Å². The second-order valence-electron chi connectivity index (χ2n) is 4.99. The predicted molar refractivity (Wildman–Crippen MR) is 78.1 cm³/mol. The molecule has 0 radical (unpaired) electrons. The van der Waals surface area contributed by atoms with E-state index < -0.39 is 0 Å². The van der Waals surface area contributed by atoms with Crippen LogP contribution < -0.4 is 5.32 Å². The molecule has 0 aliphatic carbocycles. The van der Waals surface area contributed by atoms with E-state index in [2.05, 4.69) is 5.32 Å². The first-order valence-electron chi connectivity index (χ1n) is 6.95. The molecule has 1 aliphatic heterocycles. The molecule has 0 bridgehead atoms. The highest BCUT2D eigenvalue weighted by Crippen LogP contribution is 2.19. The number of carbonyl (C=O) groups excluding carboxylic acids is 1. The van der Waals surface area contributed by atoms with Crippen LogP contribution in [-0.4, -0.2) is 30.4 Å². The summed E-state index contributed by atoms with van der Waals surface area (Å²) in [4.78, 5) is 14.4. The smallest absolute Gasteiger partial charge is 0.227 e. The van der Waals surface area contributed by atoms with Crippen LogP contribution in [0.2, 0.25) is 5.02 Å². The van der Waals surface area contributed by atoms with Gasteiger partial charge in [0.15, 0.2) is 0 Å². The zero-order chi connectivity index (χ0) is 13.7. The summed E-state index contributed by atoms with van der Waals surface area (Å²) < 4.78 is 0. The highest BCUT2D eigenvalue weighted by atomic mass is 35.5. The topological polar surface area (TPSA) is 32.3 Å². The van der Waals surface area contributed by atoms with Crippen molar-refractivity contribution in [1.29, 1.82) is 0 Å². The number of rotatable bonds is 4. The van der Waals surface area contributed by atoms with Crippen LogP contribution in [0.4, 0.5) is 0 Å². The average Bonchev–Trinajstić information content (AvgIpc) is 2.47. The van der Waals surface area contributed by atoms with Crippen LogP contribution in [0, 0.1) is 5.92 Å². The molecule has 0 spiro atoms. The number of carbonyl (C=O) groups is 1. The van der Waals surface area contributed by atoms with E-state index in [1.807, 2.05) is 36.1 Å². The molecule has 1 saturated heterocycles. The van der Waals surface area contributed by atoms with Gasteiger partial charge < -0.3 is 10.2 Å². The summed E-state index contributed by atoms with van der Waals surface area (Å²) in [6, 6.07) is 7.73. The van der Waals surface area contributed by atoms with Crippen molar-refractivity contribution in [3.8, 4) is 0 Å². The van der Waals surface area contributed by atoms with Gasteiger partial charge in [0.05, 0.1) is 5.92 Å². The van der Waals surface area contributed by atoms with Crippen LogP contribution in [0.1, 0.15) is 25.3 Å². The lowest BCUT2D eigenvalue weighted by Crippen LogP contribution is -2.42. The van der Waals surface area contributed by atoms with Gasteiger partial charge in [0.1, 0.15) is 0 Å². The van der Waals surface area contributed by atoms with Gasteiger partial charge >= 0.3 is 0 Å². The quantitative estimate of drug-likeness (QED) is 0.920. The zero-order valence-corrected chi connectivity index (χ0v) is 12.1. The Morgan fingerprint density at radius 3 is 2.89 bits per heavy atom. The number of nitrogens with zero attached hydrogens (tertiary/aromatic N) is 1. The van der Waals surface area contributed by atoms with E-state index in [-0.39, 0.29) is 11.8 Å². The summed E-state index contributed by atoms with van der Waals surface area (Å²) in [5, 5.41) is 4.03. The number of hydrogen-bond acceptors (Lipinski definition) is 2. The molecule has 1 fully saturated rings. The molecular weight excluding hydrogens is 260 g/mol. The summed E-state index contributed by atoms with van der Waals surface area (Å²) in [7, 11) is 0. The van der Waals surface area contributed by atoms with Crippen molar-refractivity contribution in [2.45, 2.75) is 26.3 Å². The lowest BCUT2D eigenvalue weighted by molar-refractivity contribution is -0.136. The van der Waals surface area contributed by atoms with Crippen molar-refractivity contribution >= 4 is 17.5 Å². The van der Waals surface area contributed by atoms with Gasteiger partial charge in [-0.15, -0.1) is 0 Å². The molecule has 0 saturated carbocycles. The second kappa shape index (κ2) is 6.92. The van der Waals surface area contributed by atoms with Gasteiger partial charge in [-0.2, -0.15) is 0 Å². The van der Waals surface area contributed by atoms with Crippen molar-refractivity contribution in [2.75, 3.05) is 19.6 Å². The number of benzene rings is 1. The third-order valence-electron chi connectivity index (χ3n) is 3.66. The van der Waals surface area contributed by atoms with Crippen LogP contribution >= 0.6 is 11.6 Å². The summed E-state index contributed by atoms with van der Waals surface area (Å²) in [6.07, 6.45) is 2.07. The van der Waals surface area contributed by atoms with E-state index >= 15 is 0 Å². The Morgan fingerprint density at radius 1 is 1.47 bits per heavy atom. The summed E-state index contributed by atoms with van der Waals surface area (Å²) >= 11 is 6.17. The summed E-state index contributed by atoms with van der Waals surface area (Å²) in [5.74, 6) is 0.366. The molecule has 1 aliphatic rings. The first-order valence-corrected chi connectivity index (χ1v) is 7.33. The minimum absolute atomic E-state index is 0.121. The molecule has 4 heteroatoms. The number of amides is 1. The highest BCUT2D eigenvalue weighted by molar-refractivity contribution is 6.31. The molecule has 1 aromatic rings. The number of halogens is 1. The van der Waals surface area contributed by atoms with E-state index in [0.717, 1.165) is 43.1 Å².